The second kappa shape index (κ2) is 13.7. The molecule has 1 aliphatic carbocycles. The van der Waals surface area contributed by atoms with Crippen molar-refractivity contribution >= 4 is 46.2 Å². The highest BCUT2D eigenvalue weighted by Crippen LogP contribution is 2.43. The molecule has 0 spiro atoms. The number of carbonyl (C=O) groups is 2. The van der Waals surface area contributed by atoms with Gasteiger partial charge in [-0.15, -0.1) is 0 Å². The van der Waals surface area contributed by atoms with Gasteiger partial charge in [-0.25, -0.2) is 14.2 Å². The van der Waals surface area contributed by atoms with Gasteiger partial charge in [0.05, 0.1) is 29.9 Å². The van der Waals surface area contributed by atoms with Gasteiger partial charge in [-0.05, 0) is 90.9 Å². The molecule has 4 rings (SSSR count). The smallest absolute Gasteiger partial charge is 0.419 e. The van der Waals surface area contributed by atoms with Crippen LogP contribution in [0, 0.1) is 5.92 Å². The van der Waals surface area contributed by atoms with Crippen molar-refractivity contribution in [2.24, 2.45) is 5.92 Å². The Labute approximate surface area is 269 Å². The number of halogens is 2. The molecule has 11 heteroatoms. The van der Waals surface area contributed by atoms with E-state index in [1.54, 1.807) is 46.9 Å². The summed E-state index contributed by atoms with van der Waals surface area (Å²) in [5.41, 5.74) is -0.109. The third-order valence-electron chi connectivity index (χ3n) is 7.97. The van der Waals surface area contributed by atoms with E-state index in [2.05, 4.69) is 10.2 Å². The molecule has 1 aliphatic rings. The molecule has 9 nitrogen and oxygen atoms in total. The molecule has 1 saturated carbocycles. The third kappa shape index (κ3) is 7.35. The van der Waals surface area contributed by atoms with Crippen molar-refractivity contribution in [3.05, 3.63) is 63.3 Å². The van der Waals surface area contributed by atoms with E-state index in [4.69, 9.17) is 37.4 Å². The summed E-state index contributed by atoms with van der Waals surface area (Å²) in [6.07, 6.45) is 1.14. The molecule has 3 atom stereocenters. The standard InChI is InChI=1S/C33H43Cl2N3O6/c1-8-43-30(39)29-25(28-26(35)16-22(34)17-27(28)38(29)31(40)44-32(2,3)4)18-36-23-12-13-33(41,21(14-23)19-37(5)6)20-10-9-11-24(15-20)42-7/h9-11,15-17,21,23,36,41H,8,12-14,18-19H2,1-7H3. The fourth-order valence-electron chi connectivity index (χ4n) is 6.12. The Morgan fingerprint density at radius 1 is 1.18 bits per heavy atom. The van der Waals surface area contributed by atoms with Gasteiger partial charge in [0.25, 0.3) is 0 Å². The SMILES string of the molecule is CCOC(=O)c1c(CNC2CCC(O)(c3cccc(OC)c3)C(CN(C)C)C2)c2c(Cl)cc(Cl)cc2n1C(=O)OC(C)(C)C. The Morgan fingerprint density at radius 2 is 1.91 bits per heavy atom. The van der Waals surface area contributed by atoms with Crippen molar-refractivity contribution < 1.29 is 28.9 Å². The molecule has 240 valence electrons. The predicted molar refractivity (Wildman–Crippen MR) is 173 cm³/mol. The molecule has 0 radical (unpaired) electrons. The molecular weight excluding hydrogens is 605 g/mol. The minimum Gasteiger partial charge on any atom is -0.497 e. The van der Waals surface area contributed by atoms with Crippen LogP contribution in [0.3, 0.4) is 0 Å². The van der Waals surface area contributed by atoms with Crippen LogP contribution in [0.5, 0.6) is 5.75 Å². The Balaban J connectivity index is 1.72. The average molecular weight is 649 g/mol. The summed E-state index contributed by atoms with van der Waals surface area (Å²) in [4.78, 5) is 29.0. The topological polar surface area (TPSA) is 102 Å². The Morgan fingerprint density at radius 3 is 2.55 bits per heavy atom. The number of rotatable bonds is 9. The largest absolute Gasteiger partial charge is 0.497 e. The van der Waals surface area contributed by atoms with Gasteiger partial charge in [-0.1, -0.05) is 35.3 Å². The number of hydrogen-bond acceptors (Lipinski definition) is 8. The lowest BCUT2D eigenvalue weighted by Gasteiger charge is -2.45. The van der Waals surface area contributed by atoms with Crippen LogP contribution in [0.1, 0.15) is 68.6 Å². The van der Waals surface area contributed by atoms with Gasteiger partial charge in [0, 0.05) is 41.0 Å². The molecule has 3 aromatic rings. The van der Waals surface area contributed by atoms with Crippen LogP contribution < -0.4 is 10.1 Å². The van der Waals surface area contributed by atoms with Gasteiger partial charge in [0.1, 0.15) is 17.0 Å². The highest BCUT2D eigenvalue weighted by atomic mass is 35.5. The molecule has 44 heavy (non-hydrogen) atoms. The molecule has 1 heterocycles. The fraction of sp³-hybridized carbons (Fsp3) is 0.515. The summed E-state index contributed by atoms with van der Waals surface area (Å²) in [6, 6.07) is 10.8. The number of ether oxygens (including phenoxy) is 3. The van der Waals surface area contributed by atoms with E-state index in [-0.39, 0.29) is 30.8 Å². The first-order chi connectivity index (χ1) is 20.7. The van der Waals surface area contributed by atoms with E-state index in [9.17, 15) is 14.7 Å². The first-order valence-corrected chi connectivity index (χ1v) is 15.6. The lowest BCUT2D eigenvalue weighted by atomic mass is 9.69. The number of benzene rings is 2. The average Bonchev–Trinajstić information content (AvgIpc) is 3.27. The molecule has 1 fully saturated rings. The van der Waals surface area contributed by atoms with Gasteiger partial charge in [0.2, 0.25) is 0 Å². The van der Waals surface area contributed by atoms with Crippen molar-refractivity contribution in [2.45, 2.75) is 70.7 Å². The molecule has 0 aliphatic heterocycles. The van der Waals surface area contributed by atoms with Crippen molar-refractivity contribution in [3.8, 4) is 5.75 Å². The van der Waals surface area contributed by atoms with Crippen molar-refractivity contribution in [1.82, 2.24) is 14.8 Å². The number of aliphatic hydroxyl groups is 1. The number of hydrogen-bond donors (Lipinski definition) is 2. The van der Waals surface area contributed by atoms with E-state index in [0.29, 0.717) is 58.1 Å². The molecule has 1 aromatic heterocycles. The number of fused-ring (bicyclic) bond motifs is 1. The Bertz CT molecular complexity index is 1520. The van der Waals surface area contributed by atoms with E-state index < -0.39 is 23.3 Å². The minimum atomic E-state index is -1.04. The van der Waals surface area contributed by atoms with Gasteiger partial charge >= 0.3 is 12.1 Å². The molecule has 0 bridgehead atoms. The van der Waals surface area contributed by atoms with Crippen LogP contribution >= 0.6 is 23.2 Å². The van der Waals surface area contributed by atoms with E-state index >= 15 is 0 Å². The number of aromatic nitrogens is 1. The number of carbonyl (C=O) groups excluding carboxylic acids is 2. The summed E-state index contributed by atoms with van der Waals surface area (Å²) in [5, 5.41) is 16.8. The van der Waals surface area contributed by atoms with Crippen molar-refractivity contribution in [1.29, 1.82) is 0 Å². The van der Waals surface area contributed by atoms with Crippen LogP contribution in [-0.4, -0.2) is 72.6 Å². The zero-order chi connectivity index (χ0) is 32.4. The first-order valence-electron chi connectivity index (χ1n) is 14.9. The Kier molecular flexibility index (Phi) is 10.6. The number of esters is 1. The second-order valence-corrected chi connectivity index (χ2v) is 13.5. The summed E-state index contributed by atoms with van der Waals surface area (Å²) in [5.74, 6) is -0.0596. The van der Waals surface area contributed by atoms with Crippen molar-refractivity contribution in [2.75, 3.05) is 34.4 Å². The number of nitrogens with one attached hydrogen (secondary N) is 1. The summed E-state index contributed by atoms with van der Waals surface area (Å²) >= 11 is 13.1. The number of methoxy groups -OCH3 is 1. The van der Waals surface area contributed by atoms with Crippen LogP contribution in [0.4, 0.5) is 4.79 Å². The minimum absolute atomic E-state index is 0.00637. The monoisotopic (exact) mass is 647 g/mol. The molecule has 0 amide bonds. The summed E-state index contributed by atoms with van der Waals surface area (Å²) in [7, 11) is 5.60. The lowest BCUT2D eigenvalue weighted by Crippen LogP contribution is -2.49. The fourth-order valence-corrected chi connectivity index (χ4v) is 6.71. The van der Waals surface area contributed by atoms with E-state index in [1.807, 2.05) is 38.4 Å². The van der Waals surface area contributed by atoms with Gasteiger partial charge in [0.15, 0.2) is 0 Å². The van der Waals surface area contributed by atoms with E-state index in [1.165, 1.54) is 4.57 Å². The van der Waals surface area contributed by atoms with Crippen molar-refractivity contribution in [3.63, 3.8) is 0 Å². The van der Waals surface area contributed by atoms with Crippen LogP contribution in [0.15, 0.2) is 36.4 Å². The quantitative estimate of drug-likeness (QED) is 0.250. The highest BCUT2D eigenvalue weighted by molar-refractivity contribution is 6.39. The third-order valence-corrected chi connectivity index (χ3v) is 8.49. The predicted octanol–water partition coefficient (Wildman–Crippen LogP) is 6.62. The second-order valence-electron chi connectivity index (χ2n) is 12.6. The zero-order valence-corrected chi connectivity index (χ0v) is 28.0. The van der Waals surface area contributed by atoms with Crippen LogP contribution in [-0.2, 0) is 21.6 Å². The Hall–Kier alpha value is -2.82. The van der Waals surface area contributed by atoms with E-state index in [0.717, 1.165) is 5.56 Å². The molecule has 0 saturated heterocycles. The van der Waals surface area contributed by atoms with Gasteiger partial charge < -0.3 is 29.5 Å². The summed E-state index contributed by atoms with van der Waals surface area (Å²) < 4.78 is 17.8. The van der Waals surface area contributed by atoms with Gasteiger partial charge in [-0.2, -0.15) is 0 Å². The molecule has 2 aromatic carbocycles. The maximum absolute atomic E-state index is 13.5. The normalized spacial score (nSPS) is 20.6. The summed E-state index contributed by atoms with van der Waals surface area (Å²) in [6.45, 7) is 7.97. The maximum Gasteiger partial charge on any atom is 0.419 e. The van der Waals surface area contributed by atoms with Gasteiger partial charge in [-0.3, -0.25) is 0 Å². The molecule has 2 N–H and O–H groups in total. The van der Waals surface area contributed by atoms with Crippen LogP contribution in [0.2, 0.25) is 10.0 Å². The maximum atomic E-state index is 13.5. The lowest BCUT2D eigenvalue weighted by molar-refractivity contribution is -0.0694. The molecule has 3 unspecified atom stereocenters. The van der Waals surface area contributed by atoms with Crippen LogP contribution in [0.25, 0.3) is 10.9 Å². The first kappa shape index (κ1) is 34.1. The molecular formula is C33H43Cl2N3O6. The zero-order valence-electron chi connectivity index (χ0n) is 26.5. The highest BCUT2D eigenvalue weighted by Gasteiger charge is 2.44. The number of nitrogens with zero attached hydrogens (tertiary/aromatic N) is 2.